The van der Waals surface area contributed by atoms with Crippen LogP contribution >= 0.6 is 0 Å². The van der Waals surface area contributed by atoms with E-state index in [1.165, 1.54) is 0 Å². The molecule has 0 aliphatic heterocycles. The normalized spacial score (nSPS) is 22.1. The zero-order valence-corrected chi connectivity index (χ0v) is 21.4. The van der Waals surface area contributed by atoms with Crippen molar-refractivity contribution in [1.82, 2.24) is 0 Å². The van der Waals surface area contributed by atoms with E-state index in [0.29, 0.717) is 12.4 Å². The third kappa shape index (κ3) is 9.21. The van der Waals surface area contributed by atoms with Gasteiger partial charge in [-0.2, -0.15) is 0 Å². The standard InChI is InChI=1S/C26H48O5/c1-9-25(5,6)19(3)29-17-11-12-18-30-20(4)31-24(28)22-15-13-21(14-16-22)23(27)26(7,8)10-2/h19-22H,9-18H2,1-8H3. The zero-order valence-electron chi connectivity index (χ0n) is 21.4. The van der Waals surface area contributed by atoms with E-state index in [0.717, 1.165) is 58.0 Å². The molecule has 0 aromatic rings. The molecule has 182 valence electrons. The van der Waals surface area contributed by atoms with Crippen LogP contribution in [0.25, 0.3) is 0 Å². The van der Waals surface area contributed by atoms with Gasteiger partial charge in [-0.3, -0.25) is 9.59 Å². The van der Waals surface area contributed by atoms with Crippen molar-refractivity contribution >= 4 is 11.8 Å². The first kappa shape index (κ1) is 28.1. The average molecular weight is 441 g/mol. The Balaban J connectivity index is 2.21. The fourth-order valence-electron chi connectivity index (χ4n) is 3.84. The van der Waals surface area contributed by atoms with Crippen LogP contribution in [0.1, 0.15) is 107 Å². The third-order valence-corrected chi connectivity index (χ3v) is 7.54. The quantitative estimate of drug-likeness (QED) is 0.179. The van der Waals surface area contributed by atoms with E-state index in [9.17, 15) is 9.59 Å². The van der Waals surface area contributed by atoms with Crippen LogP contribution in [0.15, 0.2) is 0 Å². The number of carbonyl (C=O) groups is 2. The Morgan fingerprint density at radius 3 is 1.87 bits per heavy atom. The second kappa shape index (κ2) is 12.9. The summed E-state index contributed by atoms with van der Waals surface area (Å²) in [6.07, 6.45) is 6.46. The molecular formula is C26H48O5. The highest BCUT2D eigenvalue weighted by Gasteiger charge is 2.36. The number of rotatable bonds is 14. The molecule has 0 radical (unpaired) electrons. The lowest BCUT2D eigenvalue weighted by Crippen LogP contribution is -2.35. The summed E-state index contributed by atoms with van der Waals surface area (Å²) in [6, 6.07) is 0. The molecule has 1 aliphatic carbocycles. The maximum atomic E-state index is 12.7. The molecule has 1 rings (SSSR count). The van der Waals surface area contributed by atoms with E-state index in [1.54, 1.807) is 6.92 Å². The van der Waals surface area contributed by atoms with Crippen LogP contribution in [0.4, 0.5) is 0 Å². The summed E-state index contributed by atoms with van der Waals surface area (Å²) >= 11 is 0. The molecule has 0 N–H and O–H groups in total. The van der Waals surface area contributed by atoms with E-state index in [2.05, 4.69) is 34.6 Å². The predicted molar refractivity (Wildman–Crippen MR) is 125 cm³/mol. The van der Waals surface area contributed by atoms with Crippen molar-refractivity contribution in [3.8, 4) is 0 Å². The van der Waals surface area contributed by atoms with Gasteiger partial charge in [0.05, 0.1) is 18.6 Å². The van der Waals surface area contributed by atoms with Crippen molar-refractivity contribution in [1.29, 1.82) is 0 Å². The Labute approximate surface area is 191 Å². The summed E-state index contributed by atoms with van der Waals surface area (Å²) in [6.45, 7) is 17.9. The van der Waals surface area contributed by atoms with Gasteiger partial charge >= 0.3 is 5.97 Å². The maximum Gasteiger partial charge on any atom is 0.311 e. The summed E-state index contributed by atoms with van der Waals surface area (Å²) in [4.78, 5) is 25.1. The van der Waals surface area contributed by atoms with E-state index < -0.39 is 6.29 Å². The van der Waals surface area contributed by atoms with Gasteiger partial charge in [0.15, 0.2) is 6.29 Å². The van der Waals surface area contributed by atoms with Gasteiger partial charge in [0.1, 0.15) is 5.78 Å². The molecule has 1 aliphatic rings. The number of ketones is 1. The Hall–Kier alpha value is -0.940. The average Bonchev–Trinajstić information content (AvgIpc) is 2.75. The van der Waals surface area contributed by atoms with Crippen LogP contribution in [0.5, 0.6) is 0 Å². The Morgan fingerprint density at radius 2 is 1.35 bits per heavy atom. The molecule has 0 aromatic heterocycles. The van der Waals surface area contributed by atoms with Crippen LogP contribution in [0, 0.1) is 22.7 Å². The molecule has 0 spiro atoms. The fraction of sp³-hybridized carbons (Fsp3) is 0.923. The summed E-state index contributed by atoms with van der Waals surface area (Å²) < 4.78 is 17.1. The minimum Gasteiger partial charge on any atom is -0.436 e. The molecular weight excluding hydrogens is 392 g/mol. The highest BCUT2D eigenvalue weighted by atomic mass is 16.7. The Bertz CT molecular complexity index is 546. The number of hydrogen-bond donors (Lipinski definition) is 0. The topological polar surface area (TPSA) is 61.8 Å². The van der Waals surface area contributed by atoms with Crippen molar-refractivity contribution in [3.63, 3.8) is 0 Å². The molecule has 1 saturated carbocycles. The number of esters is 1. The van der Waals surface area contributed by atoms with Crippen LogP contribution in [0.2, 0.25) is 0 Å². The van der Waals surface area contributed by atoms with E-state index >= 15 is 0 Å². The van der Waals surface area contributed by atoms with Gasteiger partial charge in [-0.1, -0.05) is 41.5 Å². The highest BCUT2D eigenvalue weighted by molar-refractivity contribution is 5.86. The molecule has 5 heteroatoms. The van der Waals surface area contributed by atoms with Gasteiger partial charge in [-0.25, -0.2) is 0 Å². The van der Waals surface area contributed by atoms with Gasteiger partial charge < -0.3 is 14.2 Å². The van der Waals surface area contributed by atoms with Crippen molar-refractivity contribution in [2.75, 3.05) is 13.2 Å². The summed E-state index contributed by atoms with van der Waals surface area (Å²) in [5.74, 6) is 0.124. The lowest BCUT2D eigenvalue weighted by Gasteiger charge is -2.32. The maximum absolute atomic E-state index is 12.7. The lowest BCUT2D eigenvalue weighted by molar-refractivity contribution is -0.181. The molecule has 0 aromatic carbocycles. The smallest absolute Gasteiger partial charge is 0.311 e. The first-order valence-electron chi connectivity index (χ1n) is 12.4. The van der Waals surface area contributed by atoms with Crippen molar-refractivity contribution in [2.45, 2.75) is 119 Å². The molecule has 2 atom stereocenters. The molecule has 31 heavy (non-hydrogen) atoms. The zero-order chi connectivity index (χ0) is 23.7. The van der Waals surface area contributed by atoms with E-state index in [4.69, 9.17) is 14.2 Å². The van der Waals surface area contributed by atoms with Crippen LogP contribution in [0.3, 0.4) is 0 Å². The van der Waals surface area contributed by atoms with Gasteiger partial charge in [-0.15, -0.1) is 0 Å². The summed E-state index contributed by atoms with van der Waals surface area (Å²) in [5, 5.41) is 0. The predicted octanol–water partition coefficient (Wildman–Crippen LogP) is 6.33. The number of unbranched alkanes of at least 4 members (excludes halogenated alkanes) is 1. The largest absolute Gasteiger partial charge is 0.436 e. The SMILES string of the molecule is CCC(C)(C)C(=O)C1CCC(C(=O)OC(C)OCCCCOC(C)C(C)(C)CC)CC1. The second-order valence-corrected chi connectivity index (χ2v) is 10.6. The number of hydrogen-bond acceptors (Lipinski definition) is 5. The minimum atomic E-state index is -0.537. The monoisotopic (exact) mass is 440 g/mol. The minimum absolute atomic E-state index is 0.0838. The lowest BCUT2D eigenvalue weighted by atomic mass is 9.72. The molecule has 0 heterocycles. The fourth-order valence-corrected chi connectivity index (χ4v) is 3.84. The third-order valence-electron chi connectivity index (χ3n) is 7.54. The van der Waals surface area contributed by atoms with E-state index in [1.807, 2.05) is 13.8 Å². The molecule has 0 saturated heterocycles. The van der Waals surface area contributed by atoms with Gasteiger partial charge in [0, 0.05) is 17.9 Å². The van der Waals surface area contributed by atoms with Crippen LogP contribution < -0.4 is 0 Å². The molecule has 2 unspecified atom stereocenters. The van der Waals surface area contributed by atoms with Crippen LogP contribution in [-0.2, 0) is 23.8 Å². The van der Waals surface area contributed by atoms with E-state index in [-0.39, 0.29) is 34.7 Å². The van der Waals surface area contributed by atoms with Crippen molar-refractivity contribution in [3.05, 3.63) is 0 Å². The first-order chi connectivity index (χ1) is 14.4. The van der Waals surface area contributed by atoms with Crippen molar-refractivity contribution in [2.24, 2.45) is 22.7 Å². The Kier molecular flexibility index (Phi) is 11.7. The number of carbonyl (C=O) groups excluding carboxylic acids is 2. The molecule has 1 fully saturated rings. The highest BCUT2D eigenvalue weighted by Crippen LogP contribution is 2.36. The summed E-state index contributed by atoms with van der Waals surface area (Å²) in [7, 11) is 0. The van der Waals surface area contributed by atoms with Crippen molar-refractivity contribution < 1.29 is 23.8 Å². The van der Waals surface area contributed by atoms with Gasteiger partial charge in [0.25, 0.3) is 0 Å². The Morgan fingerprint density at radius 1 is 0.839 bits per heavy atom. The summed E-state index contributed by atoms with van der Waals surface area (Å²) in [5.41, 5.74) is -0.0759. The van der Waals surface area contributed by atoms with Gasteiger partial charge in [0.2, 0.25) is 0 Å². The molecule has 0 amide bonds. The molecule has 0 bridgehead atoms. The van der Waals surface area contributed by atoms with Crippen LogP contribution in [-0.4, -0.2) is 37.4 Å². The first-order valence-corrected chi connectivity index (χ1v) is 12.4. The molecule has 5 nitrogen and oxygen atoms in total. The van der Waals surface area contributed by atoms with Gasteiger partial charge in [-0.05, 0) is 70.6 Å². The number of ether oxygens (including phenoxy) is 3. The number of Topliss-reactive ketones (excluding diaryl/α,β-unsaturated/α-hetero) is 1. The second-order valence-electron chi connectivity index (χ2n) is 10.6.